The number of hydrogen-bond acceptors (Lipinski definition) is 3. The van der Waals surface area contributed by atoms with Gasteiger partial charge in [0.2, 0.25) is 10.0 Å². The summed E-state index contributed by atoms with van der Waals surface area (Å²) in [7, 11) is -3.83. The van der Waals surface area contributed by atoms with Gasteiger partial charge in [0.05, 0.1) is 11.2 Å². The average molecular weight is 329 g/mol. The summed E-state index contributed by atoms with van der Waals surface area (Å²) < 4.78 is 61.5. The normalized spacial score (nSPS) is 30.5. The summed E-state index contributed by atoms with van der Waals surface area (Å²) in [5.41, 5.74) is -1.04. The zero-order valence-electron chi connectivity index (χ0n) is 11.4. The molecule has 0 aromatic rings. The highest BCUT2D eigenvalue weighted by molar-refractivity contribution is 7.89. The molecule has 0 spiro atoms. The Kier molecular flexibility index (Phi) is 4.27. The Balaban J connectivity index is 2.01. The fraction of sp³-hybridized carbons (Fsp3) is 0.917. The Morgan fingerprint density at radius 1 is 1.38 bits per heavy atom. The summed E-state index contributed by atoms with van der Waals surface area (Å²) >= 11 is 0. The predicted octanol–water partition coefficient (Wildman–Crippen LogP) is 1.85. The minimum atomic E-state index is -4.38. The molecule has 5 nitrogen and oxygen atoms in total. The number of carboxylic acid groups (broad SMARTS) is 1. The summed E-state index contributed by atoms with van der Waals surface area (Å²) in [4.78, 5) is 11.5. The number of alkyl halides is 3. The molecule has 1 heterocycles. The predicted molar refractivity (Wildman–Crippen MR) is 68.1 cm³/mol. The first kappa shape index (κ1) is 16.5. The Morgan fingerprint density at radius 2 is 2.05 bits per heavy atom. The zero-order chi connectivity index (χ0) is 15.9. The molecule has 0 aromatic carbocycles. The lowest BCUT2D eigenvalue weighted by Gasteiger charge is -2.23. The average Bonchev–Trinajstić information content (AvgIpc) is 2.82. The van der Waals surface area contributed by atoms with E-state index >= 15 is 0 Å². The SMILES string of the molecule is O=C(O)[C@@]12CCC[C@H]1CN(S(=O)(=O)CCCC(F)(F)F)C2. The van der Waals surface area contributed by atoms with Crippen LogP contribution < -0.4 is 0 Å². The van der Waals surface area contributed by atoms with Crippen molar-refractivity contribution in [3.05, 3.63) is 0 Å². The molecule has 2 fully saturated rings. The highest BCUT2D eigenvalue weighted by atomic mass is 32.2. The molecule has 21 heavy (non-hydrogen) atoms. The van der Waals surface area contributed by atoms with Crippen LogP contribution in [0.3, 0.4) is 0 Å². The van der Waals surface area contributed by atoms with E-state index in [9.17, 15) is 31.5 Å². The highest BCUT2D eigenvalue weighted by Gasteiger charge is 2.56. The summed E-state index contributed by atoms with van der Waals surface area (Å²) in [5.74, 6) is -1.82. The largest absolute Gasteiger partial charge is 0.481 e. The van der Waals surface area contributed by atoms with Gasteiger partial charge in [0.25, 0.3) is 0 Å². The summed E-state index contributed by atoms with van der Waals surface area (Å²) in [6.45, 7) is 0.00199. The molecule has 0 amide bonds. The van der Waals surface area contributed by atoms with Gasteiger partial charge in [-0.2, -0.15) is 13.2 Å². The molecule has 0 aromatic heterocycles. The molecule has 2 rings (SSSR count). The van der Waals surface area contributed by atoms with Crippen molar-refractivity contribution in [1.82, 2.24) is 4.31 Å². The Bertz CT molecular complexity index is 519. The maximum Gasteiger partial charge on any atom is 0.389 e. The van der Waals surface area contributed by atoms with Gasteiger partial charge in [-0.1, -0.05) is 6.42 Å². The van der Waals surface area contributed by atoms with Crippen molar-refractivity contribution in [2.45, 2.75) is 38.3 Å². The van der Waals surface area contributed by atoms with E-state index in [4.69, 9.17) is 0 Å². The van der Waals surface area contributed by atoms with E-state index in [1.807, 2.05) is 0 Å². The number of aliphatic carboxylic acids is 1. The van der Waals surface area contributed by atoms with Crippen molar-refractivity contribution in [3.8, 4) is 0 Å². The minimum absolute atomic E-state index is 0.110. The van der Waals surface area contributed by atoms with Crippen LogP contribution in [-0.4, -0.2) is 48.8 Å². The molecule has 1 aliphatic heterocycles. The number of rotatable bonds is 5. The van der Waals surface area contributed by atoms with Crippen molar-refractivity contribution in [2.24, 2.45) is 11.3 Å². The molecule has 1 saturated carbocycles. The molecule has 1 saturated heterocycles. The Hall–Kier alpha value is -0.830. The van der Waals surface area contributed by atoms with Crippen LogP contribution in [0.2, 0.25) is 0 Å². The van der Waals surface area contributed by atoms with Crippen LogP contribution in [0.1, 0.15) is 32.1 Å². The van der Waals surface area contributed by atoms with Gasteiger partial charge in [0.15, 0.2) is 0 Å². The van der Waals surface area contributed by atoms with Crippen molar-refractivity contribution < 1.29 is 31.5 Å². The molecule has 1 N–H and O–H groups in total. The summed E-state index contributed by atoms with van der Waals surface area (Å²) in [5, 5.41) is 9.37. The number of carbonyl (C=O) groups is 1. The molecule has 1 aliphatic carbocycles. The number of fused-ring (bicyclic) bond motifs is 1. The number of hydrogen-bond donors (Lipinski definition) is 1. The first-order chi connectivity index (χ1) is 9.57. The van der Waals surface area contributed by atoms with Crippen molar-refractivity contribution in [2.75, 3.05) is 18.8 Å². The summed E-state index contributed by atoms with van der Waals surface area (Å²) in [6.07, 6.45) is -4.18. The Labute approximate surface area is 121 Å². The molecule has 0 unspecified atom stereocenters. The molecule has 2 atom stereocenters. The highest BCUT2D eigenvalue weighted by Crippen LogP contribution is 2.49. The third kappa shape index (κ3) is 3.33. The molecule has 2 aliphatic rings. The number of carboxylic acids is 1. The second kappa shape index (κ2) is 5.42. The van der Waals surface area contributed by atoms with E-state index in [2.05, 4.69) is 0 Å². The zero-order valence-corrected chi connectivity index (χ0v) is 12.2. The Morgan fingerprint density at radius 3 is 2.57 bits per heavy atom. The first-order valence-corrected chi connectivity index (χ1v) is 8.46. The van der Waals surface area contributed by atoms with Gasteiger partial charge in [-0.25, -0.2) is 12.7 Å². The molecular formula is C12H18F3NO4S. The molecule has 0 radical (unpaired) electrons. The minimum Gasteiger partial charge on any atom is -0.481 e. The second-order valence-corrected chi connectivity index (χ2v) is 7.97. The lowest BCUT2D eigenvalue weighted by Crippen LogP contribution is -2.38. The topological polar surface area (TPSA) is 74.7 Å². The van der Waals surface area contributed by atoms with Crippen LogP contribution in [0.5, 0.6) is 0 Å². The monoisotopic (exact) mass is 329 g/mol. The van der Waals surface area contributed by atoms with Gasteiger partial charge in [0, 0.05) is 19.5 Å². The van der Waals surface area contributed by atoms with E-state index in [0.717, 1.165) is 10.7 Å². The van der Waals surface area contributed by atoms with Crippen LogP contribution in [0.15, 0.2) is 0 Å². The van der Waals surface area contributed by atoms with Crippen molar-refractivity contribution in [3.63, 3.8) is 0 Å². The van der Waals surface area contributed by atoms with Gasteiger partial charge in [-0.05, 0) is 25.2 Å². The quantitative estimate of drug-likeness (QED) is 0.835. The maximum absolute atomic E-state index is 12.1. The number of nitrogens with zero attached hydrogens (tertiary/aromatic N) is 1. The van der Waals surface area contributed by atoms with E-state index in [1.54, 1.807) is 0 Å². The fourth-order valence-corrected chi connectivity index (χ4v) is 4.99. The van der Waals surface area contributed by atoms with Gasteiger partial charge in [0.1, 0.15) is 0 Å². The van der Waals surface area contributed by atoms with E-state index in [1.165, 1.54) is 0 Å². The third-order valence-corrected chi connectivity index (χ3v) is 6.39. The maximum atomic E-state index is 12.1. The smallest absolute Gasteiger partial charge is 0.389 e. The molecular weight excluding hydrogens is 311 g/mol. The lowest BCUT2D eigenvalue weighted by atomic mass is 9.81. The summed E-state index contributed by atoms with van der Waals surface area (Å²) in [6, 6.07) is 0. The van der Waals surface area contributed by atoms with Gasteiger partial charge < -0.3 is 5.11 Å². The fourth-order valence-electron chi connectivity index (χ4n) is 3.39. The third-order valence-electron chi connectivity index (χ3n) is 4.52. The number of sulfonamides is 1. The number of halogens is 3. The molecule has 0 bridgehead atoms. The van der Waals surface area contributed by atoms with E-state index in [0.29, 0.717) is 12.8 Å². The second-order valence-electron chi connectivity index (χ2n) is 5.88. The van der Waals surface area contributed by atoms with Crippen molar-refractivity contribution in [1.29, 1.82) is 0 Å². The van der Waals surface area contributed by atoms with Gasteiger partial charge >= 0.3 is 12.1 Å². The van der Waals surface area contributed by atoms with Crippen LogP contribution in [0.4, 0.5) is 13.2 Å². The molecule has 122 valence electrons. The van der Waals surface area contributed by atoms with Crippen LogP contribution in [0.25, 0.3) is 0 Å². The van der Waals surface area contributed by atoms with Crippen LogP contribution >= 0.6 is 0 Å². The lowest BCUT2D eigenvalue weighted by molar-refractivity contribution is -0.149. The van der Waals surface area contributed by atoms with Crippen LogP contribution in [-0.2, 0) is 14.8 Å². The van der Waals surface area contributed by atoms with E-state index in [-0.39, 0.29) is 19.0 Å². The first-order valence-electron chi connectivity index (χ1n) is 6.85. The molecule has 9 heteroatoms. The van der Waals surface area contributed by atoms with Gasteiger partial charge in [-0.15, -0.1) is 0 Å². The van der Waals surface area contributed by atoms with Crippen molar-refractivity contribution >= 4 is 16.0 Å². The van der Waals surface area contributed by atoms with Gasteiger partial charge in [-0.3, -0.25) is 4.79 Å². The standard InChI is InChI=1S/C12H18F3NO4S/c13-12(14,15)5-2-6-21(19,20)16-7-9-3-1-4-11(9,8-16)10(17)18/h9H,1-8H2,(H,17,18)/t9-,11+/m0/s1. The van der Waals surface area contributed by atoms with E-state index < -0.39 is 46.2 Å². The van der Waals surface area contributed by atoms with Crippen LogP contribution in [0, 0.1) is 11.3 Å².